The highest BCUT2D eigenvalue weighted by Crippen LogP contribution is 2.39. The number of esters is 1. The van der Waals surface area contributed by atoms with Crippen LogP contribution in [-0.2, 0) is 18.9 Å². The van der Waals surface area contributed by atoms with Crippen LogP contribution in [0, 0.1) is 5.92 Å². The van der Waals surface area contributed by atoms with E-state index in [0.717, 1.165) is 0 Å². The van der Waals surface area contributed by atoms with Crippen LogP contribution < -0.4 is 5.26 Å². The van der Waals surface area contributed by atoms with Crippen LogP contribution in [0.2, 0.25) is 0 Å². The van der Waals surface area contributed by atoms with Gasteiger partial charge in [0.1, 0.15) is 18.1 Å². The van der Waals surface area contributed by atoms with Gasteiger partial charge < -0.3 is 9.99 Å². The molecule has 1 fully saturated rings. The molecule has 11 heteroatoms. The van der Waals surface area contributed by atoms with Crippen LogP contribution in [0.4, 0.5) is 22.0 Å². The summed E-state index contributed by atoms with van der Waals surface area (Å²) >= 11 is -0.842. The monoisotopic (exact) mass is 325 g/mol. The Hall–Kier alpha value is -0.650. The SMILES string of the molecule is O=C(OC1CCC(C(F)(F)F)CC1)C(F)(F)SOO[O-]. The molecular formula is C9H10F5O5S-. The normalized spacial score (nSPS) is 24.5. The van der Waals surface area contributed by atoms with Gasteiger partial charge in [0, 0.05) is 0 Å². The molecule has 0 bridgehead atoms. The second kappa shape index (κ2) is 6.87. The number of rotatable bonds is 5. The molecular weight excluding hydrogens is 315 g/mol. The summed E-state index contributed by atoms with van der Waals surface area (Å²) in [5.41, 5.74) is 0. The summed E-state index contributed by atoms with van der Waals surface area (Å²) in [5, 5.41) is 7.88. The zero-order valence-corrected chi connectivity index (χ0v) is 10.6. The van der Waals surface area contributed by atoms with Gasteiger partial charge in [-0.05, 0) is 25.7 Å². The molecule has 0 unspecified atom stereocenters. The lowest BCUT2D eigenvalue weighted by molar-refractivity contribution is -0.777. The van der Waals surface area contributed by atoms with E-state index in [9.17, 15) is 32.0 Å². The third-order valence-electron chi connectivity index (χ3n) is 2.81. The van der Waals surface area contributed by atoms with Crippen LogP contribution in [0.15, 0.2) is 0 Å². The van der Waals surface area contributed by atoms with Crippen LogP contribution in [0.5, 0.6) is 0 Å². The highest BCUT2D eigenvalue weighted by molar-refractivity contribution is 7.96. The molecule has 0 aromatic carbocycles. The van der Waals surface area contributed by atoms with Gasteiger partial charge in [0.2, 0.25) is 0 Å². The molecule has 20 heavy (non-hydrogen) atoms. The predicted octanol–water partition coefficient (Wildman–Crippen LogP) is 2.12. The van der Waals surface area contributed by atoms with Gasteiger partial charge in [-0.15, -0.1) is 0 Å². The van der Waals surface area contributed by atoms with Crippen molar-refractivity contribution in [2.45, 2.75) is 43.2 Å². The smallest absolute Gasteiger partial charge is 0.415 e. The van der Waals surface area contributed by atoms with Crippen LogP contribution in [0.3, 0.4) is 0 Å². The van der Waals surface area contributed by atoms with Crippen molar-refractivity contribution >= 4 is 18.0 Å². The van der Waals surface area contributed by atoms with E-state index in [-0.39, 0.29) is 25.7 Å². The molecule has 0 N–H and O–H groups in total. The van der Waals surface area contributed by atoms with Crippen LogP contribution >= 0.6 is 12.0 Å². The predicted molar refractivity (Wildman–Crippen MR) is 52.6 cm³/mol. The molecule has 0 radical (unpaired) electrons. The van der Waals surface area contributed by atoms with Crippen LogP contribution in [0.1, 0.15) is 25.7 Å². The maximum atomic E-state index is 13.0. The average molecular weight is 325 g/mol. The molecule has 118 valence electrons. The number of hydrogen-bond acceptors (Lipinski definition) is 6. The van der Waals surface area contributed by atoms with E-state index in [1.807, 2.05) is 0 Å². The van der Waals surface area contributed by atoms with Gasteiger partial charge in [0.15, 0.2) is 0 Å². The van der Waals surface area contributed by atoms with Gasteiger partial charge in [-0.3, -0.25) is 5.04 Å². The Bertz CT molecular complexity index is 329. The van der Waals surface area contributed by atoms with Crippen LogP contribution in [0.25, 0.3) is 0 Å². The second-order valence-electron chi connectivity index (χ2n) is 4.16. The Kier molecular flexibility index (Phi) is 5.98. The number of hydrogen-bond donors (Lipinski definition) is 0. The first kappa shape index (κ1) is 17.4. The summed E-state index contributed by atoms with van der Waals surface area (Å²) < 4.78 is 70.8. The minimum atomic E-state index is -4.34. The molecule has 1 aliphatic rings. The minimum Gasteiger partial charge on any atom is -0.691 e. The average Bonchev–Trinajstić information content (AvgIpc) is 2.36. The Morgan fingerprint density at radius 3 is 2.10 bits per heavy atom. The van der Waals surface area contributed by atoms with Crippen LogP contribution in [-0.4, -0.2) is 23.5 Å². The minimum absolute atomic E-state index is 0.157. The first-order chi connectivity index (χ1) is 9.16. The largest absolute Gasteiger partial charge is 0.691 e. The fourth-order valence-electron chi connectivity index (χ4n) is 1.82. The summed E-state index contributed by atoms with van der Waals surface area (Å²) in [7, 11) is 0. The quantitative estimate of drug-likeness (QED) is 0.254. The fraction of sp³-hybridized carbons (Fsp3) is 0.889. The zero-order chi connectivity index (χ0) is 15.4. The third kappa shape index (κ3) is 5.04. The first-order valence-corrected chi connectivity index (χ1v) is 6.21. The maximum Gasteiger partial charge on any atom is 0.415 e. The molecule has 1 rings (SSSR count). The molecule has 0 amide bonds. The van der Waals surface area contributed by atoms with E-state index in [4.69, 9.17) is 0 Å². The molecule has 1 aliphatic carbocycles. The van der Waals surface area contributed by atoms with Gasteiger partial charge in [-0.25, -0.2) is 4.79 Å². The van der Waals surface area contributed by atoms with Crippen molar-refractivity contribution in [2.24, 2.45) is 5.92 Å². The van der Waals surface area contributed by atoms with E-state index in [2.05, 4.69) is 14.1 Å². The molecule has 0 spiro atoms. The number of halogens is 5. The zero-order valence-electron chi connectivity index (χ0n) is 9.82. The van der Waals surface area contributed by atoms with E-state index in [1.54, 1.807) is 0 Å². The molecule has 5 nitrogen and oxygen atoms in total. The lowest BCUT2D eigenvalue weighted by Crippen LogP contribution is -2.35. The molecule has 1 saturated carbocycles. The van der Waals surface area contributed by atoms with Crippen molar-refractivity contribution in [2.75, 3.05) is 0 Å². The van der Waals surface area contributed by atoms with Crippen molar-refractivity contribution in [1.82, 2.24) is 0 Å². The molecule has 0 atom stereocenters. The number of carbonyl (C=O) groups is 1. The van der Waals surface area contributed by atoms with Gasteiger partial charge in [-0.1, -0.05) is 0 Å². The molecule has 0 heterocycles. The molecule has 0 aromatic heterocycles. The Balaban J connectivity index is 2.42. The van der Waals surface area contributed by atoms with Crippen molar-refractivity contribution in [3.63, 3.8) is 0 Å². The number of carbonyl (C=O) groups excluding carboxylic acids is 1. The number of alkyl halides is 5. The summed E-state index contributed by atoms with van der Waals surface area (Å²) in [5.74, 6) is -3.50. The van der Waals surface area contributed by atoms with Gasteiger partial charge >= 0.3 is 17.4 Å². The highest BCUT2D eigenvalue weighted by Gasteiger charge is 2.46. The number of ether oxygens (including phenoxy) is 1. The molecule has 0 aromatic rings. The van der Waals surface area contributed by atoms with Crippen molar-refractivity contribution in [3.8, 4) is 0 Å². The van der Waals surface area contributed by atoms with Crippen molar-refractivity contribution in [1.29, 1.82) is 0 Å². The lowest BCUT2D eigenvalue weighted by Gasteiger charge is -2.30. The highest BCUT2D eigenvalue weighted by atomic mass is 32.2. The topological polar surface area (TPSA) is 67.8 Å². The third-order valence-corrected chi connectivity index (χ3v) is 3.31. The van der Waals surface area contributed by atoms with E-state index in [1.165, 1.54) is 0 Å². The van der Waals surface area contributed by atoms with E-state index >= 15 is 0 Å². The maximum absolute atomic E-state index is 13.0. The Morgan fingerprint density at radius 1 is 1.10 bits per heavy atom. The summed E-state index contributed by atoms with van der Waals surface area (Å²) in [6.07, 6.45) is -6.25. The lowest BCUT2D eigenvalue weighted by atomic mass is 9.87. The molecule has 0 aliphatic heterocycles. The Labute approximate surface area is 114 Å². The first-order valence-electron chi connectivity index (χ1n) is 5.46. The summed E-state index contributed by atoms with van der Waals surface area (Å²) in [6, 6.07) is 0. The summed E-state index contributed by atoms with van der Waals surface area (Å²) in [6.45, 7) is 0. The molecule has 0 saturated heterocycles. The van der Waals surface area contributed by atoms with E-state index in [0.29, 0.717) is 0 Å². The standard InChI is InChI=1S/C9H11F5O5S/c10-8(11,12)5-1-3-6(4-2-5)17-7(15)9(13,14)20-19-18-16/h5-6,16H,1-4H2/p-1. The van der Waals surface area contributed by atoms with Crippen molar-refractivity contribution < 1.29 is 46.1 Å². The second-order valence-corrected chi connectivity index (χ2v) is 4.97. The summed E-state index contributed by atoms with van der Waals surface area (Å²) in [4.78, 5) is 11.1. The van der Waals surface area contributed by atoms with E-state index < -0.39 is 41.5 Å². The fourth-order valence-corrected chi connectivity index (χ4v) is 2.05. The van der Waals surface area contributed by atoms with Crippen molar-refractivity contribution in [3.05, 3.63) is 0 Å². The van der Waals surface area contributed by atoms with Gasteiger partial charge in [0.05, 0.1) is 5.92 Å². The Morgan fingerprint density at radius 2 is 1.65 bits per heavy atom. The van der Waals surface area contributed by atoms with Gasteiger partial charge in [0.25, 0.3) is 0 Å². The van der Waals surface area contributed by atoms with Gasteiger partial charge in [-0.2, -0.15) is 26.3 Å².